The molecule has 1 amide bonds. The van der Waals surface area contributed by atoms with E-state index in [9.17, 15) is 9.59 Å². The molecule has 130 valence electrons. The molecule has 0 spiro atoms. The average molecular weight is 333 g/mol. The molecule has 0 aromatic heterocycles. The standard InChI is InChI=1S/C18H23NO5/c1-22-18(21)16-11-13-5-2-3-7-15(13)19(16)17(20)8-10-23-12-14-6-4-9-24-14/h2-3,5,7,14,16H,4,6,8-12H2,1H3/t14-,16-/m0/s1. The zero-order chi connectivity index (χ0) is 16.9. The molecular weight excluding hydrogens is 310 g/mol. The molecule has 0 radical (unpaired) electrons. The van der Waals surface area contributed by atoms with E-state index in [0.29, 0.717) is 19.6 Å². The number of carbonyl (C=O) groups is 2. The number of carbonyl (C=O) groups excluding carboxylic acids is 2. The highest BCUT2D eigenvalue weighted by atomic mass is 16.5. The Balaban J connectivity index is 1.59. The molecule has 2 aliphatic rings. The molecule has 2 aliphatic heterocycles. The molecule has 1 aromatic carbocycles. The van der Waals surface area contributed by atoms with E-state index in [1.165, 1.54) is 7.11 Å². The lowest BCUT2D eigenvalue weighted by Crippen LogP contribution is -2.43. The Bertz CT molecular complexity index is 597. The van der Waals surface area contributed by atoms with Gasteiger partial charge in [0, 0.05) is 18.7 Å². The minimum absolute atomic E-state index is 0.123. The van der Waals surface area contributed by atoms with Crippen LogP contribution in [0.2, 0.25) is 0 Å². The van der Waals surface area contributed by atoms with Crippen LogP contribution >= 0.6 is 0 Å². The monoisotopic (exact) mass is 333 g/mol. The number of anilines is 1. The molecule has 1 saturated heterocycles. The van der Waals surface area contributed by atoms with Gasteiger partial charge in [-0.15, -0.1) is 0 Å². The maximum atomic E-state index is 12.6. The third-order valence-corrected chi connectivity index (χ3v) is 4.51. The molecule has 0 unspecified atom stereocenters. The molecule has 0 saturated carbocycles. The molecule has 1 fully saturated rings. The van der Waals surface area contributed by atoms with Gasteiger partial charge >= 0.3 is 5.97 Å². The summed E-state index contributed by atoms with van der Waals surface area (Å²) in [4.78, 5) is 26.2. The molecule has 0 aliphatic carbocycles. The highest BCUT2D eigenvalue weighted by Crippen LogP contribution is 2.33. The zero-order valence-corrected chi connectivity index (χ0v) is 13.9. The number of esters is 1. The molecule has 6 nitrogen and oxygen atoms in total. The number of amides is 1. The van der Waals surface area contributed by atoms with Gasteiger partial charge in [-0.25, -0.2) is 4.79 Å². The average Bonchev–Trinajstić information content (AvgIpc) is 3.25. The van der Waals surface area contributed by atoms with Crippen molar-refractivity contribution in [2.45, 2.75) is 37.8 Å². The van der Waals surface area contributed by atoms with Crippen molar-refractivity contribution in [1.29, 1.82) is 0 Å². The van der Waals surface area contributed by atoms with Gasteiger partial charge in [-0.3, -0.25) is 9.69 Å². The number of ether oxygens (including phenoxy) is 3. The predicted molar refractivity (Wildman–Crippen MR) is 87.8 cm³/mol. The van der Waals surface area contributed by atoms with Crippen LogP contribution in [0.1, 0.15) is 24.8 Å². The van der Waals surface area contributed by atoms with Gasteiger partial charge < -0.3 is 14.2 Å². The van der Waals surface area contributed by atoms with E-state index in [2.05, 4.69) is 0 Å². The summed E-state index contributed by atoms with van der Waals surface area (Å²) in [5.74, 6) is -0.512. The SMILES string of the molecule is COC(=O)[C@@H]1Cc2ccccc2N1C(=O)CCOC[C@@H]1CCCO1. The Labute approximate surface area is 141 Å². The van der Waals surface area contributed by atoms with Crippen LogP contribution in [-0.2, 0) is 30.2 Å². The van der Waals surface area contributed by atoms with E-state index in [0.717, 1.165) is 30.7 Å². The molecule has 2 atom stereocenters. The van der Waals surface area contributed by atoms with E-state index in [-0.39, 0.29) is 24.4 Å². The first kappa shape index (κ1) is 16.9. The van der Waals surface area contributed by atoms with E-state index < -0.39 is 6.04 Å². The summed E-state index contributed by atoms with van der Waals surface area (Å²) < 4.78 is 15.9. The van der Waals surface area contributed by atoms with Gasteiger partial charge in [-0.2, -0.15) is 0 Å². The van der Waals surface area contributed by atoms with Gasteiger partial charge in [0.05, 0.1) is 32.8 Å². The lowest BCUT2D eigenvalue weighted by molar-refractivity contribution is -0.143. The smallest absolute Gasteiger partial charge is 0.329 e. The van der Waals surface area contributed by atoms with Crippen molar-refractivity contribution < 1.29 is 23.8 Å². The van der Waals surface area contributed by atoms with Crippen LogP contribution in [0.3, 0.4) is 0 Å². The summed E-state index contributed by atoms with van der Waals surface area (Å²) >= 11 is 0. The van der Waals surface area contributed by atoms with Crippen LogP contribution in [0, 0.1) is 0 Å². The number of nitrogens with zero attached hydrogens (tertiary/aromatic N) is 1. The van der Waals surface area contributed by atoms with Gasteiger partial charge in [0.1, 0.15) is 6.04 Å². The van der Waals surface area contributed by atoms with Gasteiger partial charge in [0.15, 0.2) is 0 Å². The van der Waals surface area contributed by atoms with Gasteiger partial charge in [0.25, 0.3) is 0 Å². The van der Waals surface area contributed by atoms with Crippen LogP contribution < -0.4 is 4.90 Å². The summed E-state index contributed by atoms with van der Waals surface area (Å²) in [5.41, 5.74) is 1.78. The van der Waals surface area contributed by atoms with Crippen molar-refractivity contribution in [3.8, 4) is 0 Å². The number of para-hydroxylation sites is 1. The largest absolute Gasteiger partial charge is 0.467 e. The maximum Gasteiger partial charge on any atom is 0.329 e. The maximum absolute atomic E-state index is 12.6. The highest BCUT2D eigenvalue weighted by Gasteiger charge is 2.38. The second-order valence-electron chi connectivity index (χ2n) is 6.10. The number of hydrogen-bond donors (Lipinski definition) is 0. The number of fused-ring (bicyclic) bond motifs is 1. The minimum Gasteiger partial charge on any atom is -0.467 e. The normalized spacial score (nSPS) is 22.5. The second-order valence-corrected chi connectivity index (χ2v) is 6.10. The Kier molecular flexibility index (Phi) is 5.48. The Morgan fingerprint density at radius 1 is 1.33 bits per heavy atom. The number of benzene rings is 1. The van der Waals surface area contributed by atoms with Gasteiger partial charge in [-0.05, 0) is 24.5 Å². The lowest BCUT2D eigenvalue weighted by atomic mass is 10.1. The molecule has 2 heterocycles. The van der Waals surface area contributed by atoms with E-state index in [1.807, 2.05) is 24.3 Å². The molecule has 0 N–H and O–H groups in total. The lowest BCUT2D eigenvalue weighted by Gasteiger charge is -2.23. The van der Waals surface area contributed by atoms with Crippen LogP contribution in [0.4, 0.5) is 5.69 Å². The summed E-state index contributed by atoms with van der Waals surface area (Å²) in [6, 6.07) is 6.99. The van der Waals surface area contributed by atoms with Gasteiger partial charge in [-0.1, -0.05) is 18.2 Å². The molecule has 6 heteroatoms. The van der Waals surface area contributed by atoms with Crippen molar-refractivity contribution >= 4 is 17.6 Å². The van der Waals surface area contributed by atoms with E-state index in [4.69, 9.17) is 14.2 Å². The molecule has 3 rings (SSSR count). The van der Waals surface area contributed by atoms with Crippen molar-refractivity contribution in [2.24, 2.45) is 0 Å². The minimum atomic E-state index is -0.585. The van der Waals surface area contributed by atoms with Crippen LogP contribution in [0.5, 0.6) is 0 Å². The highest BCUT2D eigenvalue weighted by molar-refractivity contribution is 6.02. The Hall–Kier alpha value is -1.92. The van der Waals surface area contributed by atoms with E-state index in [1.54, 1.807) is 4.90 Å². The van der Waals surface area contributed by atoms with Crippen LogP contribution in [-0.4, -0.2) is 51.0 Å². The summed E-state index contributed by atoms with van der Waals surface area (Å²) in [7, 11) is 1.35. The van der Waals surface area contributed by atoms with Crippen LogP contribution in [0.25, 0.3) is 0 Å². The summed E-state index contributed by atoms with van der Waals surface area (Å²) in [6.07, 6.45) is 2.95. The number of methoxy groups -OCH3 is 1. The summed E-state index contributed by atoms with van der Waals surface area (Å²) in [5, 5.41) is 0. The Morgan fingerprint density at radius 3 is 2.92 bits per heavy atom. The molecular formula is C18H23NO5. The second kappa shape index (κ2) is 7.77. The Morgan fingerprint density at radius 2 is 2.17 bits per heavy atom. The van der Waals surface area contributed by atoms with Crippen LogP contribution in [0.15, 0.2) is 24.3 Å². The first-order valence-electron chi connectivity index (χ1n) is 8.38. The van der Waals surface area contributed by atoms with Crippen molar-refractivity contribution in [1.82, 2.24) is 0 Å². The molecule has 0 bridgehead atoms. The topological polar surface area (TPSA) is 65.1 Å². The molecule has 1 aromatic rings. The van der Waals surface area contributed by atoms with Crippen molar-refractivity contribution in [2.75, 3.05) is 31.8 Å². The van der Waals surface area contributed by atoms with Crippen molar-refractivity contribution in [3.63, 3.8) is 0 Å². The third-order valence-electron chi connectivity index (χ3n) is 4.51. The quantitative estimate of drug-likeness (QED) is 0.586. The number of rotatable bonds is 6. The fraction of sp³-hybridized carbons (Fsp3) is 0.556. The first-order valence-corrected chi connectivity index (χ1v) is 8.38. The first-order chi connectivity index (χ1) is 11.7. The third kappa shape index (κ3) is 3.60. The predicted octanol–water partition coefficient (Wildman–Crippen LogP) is 1.70. The number of hydrogen-bond acceptors (Lipinski definition) is 5. The zero-order valence-electron chi connectivity index (χ0n) is 13.9. The van der Waals surface area contributed by atoms with Crippen molar-refractivity contribution in [3.05, 3.63) is 29.8 Å². The van der Waals surface area contributed by atoms with E-state index >= 15 is 0 Å². The summed E-state index contributed by atoms with van der Waals surface area (Å²) in [6.45, 7) is 1.63. The fourth-order valence-corrected chi connectivity index (χ4v) is 3.29. The molecule has 24 heavy (non-hydrogen) atoms. The fourth-order valence-electron chi connectivity index (χ4n) is 3.29. The van der Waals surface area contributed by atoms with Gasteiger partial charge in [0.2, 0.25) is 5.91 Å².